The average molecular weight is 396 g/mol. The second-order valence-corrected chi connectivity index (χ2v) is 7.22. The van der Waals surface area contributed by atoms with Crippen molar-refractivity contribution in [3.8, 4) is 11.1 Å². The highest BCUT2D eigenvalue weighted by molar-refractivity contribution is 6.04. The van der Waals surface area contributed by atoms with Gasteiger partial charge in [-0.15, -0.1) is 0 Å². The Morgan fingerprint density at radius 3 is 2.41 bits per heavy atom. The second-order valence-electron chi connectivity index (χ2n) is 7.22. The molecule has 1 N–H and O–H groups in total. The molecule has 1 heterocycles. The van der Waals surface area contributed by atoms with Crippen LogP contribution in [0.15, 0.2) is 54.7 Å². The Morgan fingerprint density at radius 1 is 1.03 bits per heavy atom. The zero-order valence-electron chi connectivity index (χ0n) is 15.8. The van der Waals surface area contributed by atoms with Crippen LogP contribution in [0.3, 0.4) is 0 Å². The van der Waals surface area contributed by atoms with Crippen molar-refractivity contribution in [1.82, 2.24) is 4.98 Å². The molecule has 1 aliphatic rings. The van der Waals surface area contributed by atoms with E-state index in [2.05, 4.69) is 10.3 Å². The maximum absolute atomic E-state index is 13.6. The monoisotopic (exact) mass is 396 g/mol. The predicted molar refractivity (Wildman–Crippen MR) is 106 cm³/mol. The molecule has 148 valence electrons. The number of carbonyl (C=O) groups is 1. The van der Waals surface area contributed by atoms with Gasteiger partial charge in [-0.25, -0.2) is 4.98 Å². The Kier molecular flexibility index (Phi) is 4.86. The van der Waals surface area contributed by atoms with Gasteiger partial charge in [-0.3, -0.25) is 4.79 Å². The number of rotatable bonds is 3. The minimum Gasteiger partial charge on any atom is -0.307 e. The zero-order valence-corrected chi connectivity index (χ0v) is 15.8. The van der Waals surface area contributed by atoms with Gasteiger partial charge < -0.3 is 5.32 Å². The van der Waals surface area contributed by atoms with Crippen LogP contribution in [0.5, 0.6) is 0 Å². The molecule has 0 radical (unpaired) electrons. The van der Waals surface area contributed by atoms with Crippen LogP contribution in [0.1, 0.15) is 39.0 Å². The first kappa shape index (κ1) is 19.2. The molecule has 6 heteroatoms. The molecular formula is C23H19F3N2O. The summed E-state index contributed by atoms with van der Waals surface area (Å²) in [4.78, 5) is 16.6. The number of carbonyl (C=O) groups excluding carboxylic acids is 1. The summed E-state index contributed by atoms with van der Waals surface area (Å²) in [5.74, 6) is -0.0198. The molecule has 1 aliphatic carbocycles. The fourth-order valence-corrected chi connectivity index (χ4v) is 3.74. The molecule has 1 amide bonds. The molecular weight excluding hydrogens is 377 g/mol. The van der Waals surface area contributed by atoms with Crippen LogP contribution in [-0.2, 0) is 19.0 Å². The molecule has 0 atom stereocenters. The topological polar surface area (TPSA) is 42.0 Å². The van der Waals surface area contributed by atoms with Gasteiger partial charge in [0, 0.05) is 17.3 Å². The number of amides is 1. The van der Waals surface area contributed by atoms with Gasteiger partial charge in [0.15, 0.2) is 0 Å². The van der Waals surface area contributed by atoms with Crippen molar-refractivity contribution < 1.29 is 18.0 Å². The minimum atomic E-state index is -4.44. The van der Waals surface area contributed by atoms with Crippen molar-refractivity contribution in [2.24, 2.45) is 0 Å². The van der Waals surface area contributed by atoms with Gasteiger partial charge in [-0.05, 0) is 72.7 Å². The van der Waals surface area contributed by atoms with Crippen molar-refractivity contribution in [2.45, 2.75) is 32.4 Å². The molecule has 0 saturated carbocycles. The normalized spacial score (nSPS) is 13.2. The van der Waals surface area contributed by atoms with Crippen molar-refractivity contribution >= 4 is 11.7 Å². The van der Waals surface area contributed by atoms with E-state index in [1.807, 2.05) is 19.1 Å². The number of aryl methyl sites for hydroxylation is 3. The highest BCUT2D eigenvalue weighted by Crippen LogP contribution is 2.40. The fraction of sp³-hybridized carbons (Fsp3) is 0.217. The van der Waals surface area contributed by atoms with Crippen LogP contribution in [-0.4, -0.2) is 10.9 Å². The molecule has 4 rings (SSSR count). The summed E-state index contributed by atoms with van der Waals surface area (Å²) in [6.07, 6.45) is -0.721. The van der Waals surface area contributed by atoms with E-state index in [1.54, 1.807) is 24.3 Å². The van der Waals surface area contributed by atoms with Crippen LogP contribution in [0.25, 0.3) is 11.1 Å². The van der Waals surface area contributed by atoms with Crippen molar-refractivity contribution in [3.05, 3.63) is 82.5 Å². The number of nitrogens with one attached hydrogen (secondary N) is 1. The number of fused-ring (bicyclic) bond motifs is 1. The summed E-state index contributed by atoms with van der Waals surface area (Å²) < 4.78 is 40.8. The number of aromatic nitrogens is 1. The molecule has 0 spiro atoms. The van der Waals surface area contributed by atoms with Gasteiger partial charge >= 0.3 is 6.18 Å². The standard InChI is InChI=1S/C23H19F3N2O/c1-14-5-2-3-8-18(14)22(29)28-21-10-9-17(13-27-21)19-11-15-6-4-7-16(15)12-20(19)23(24,25)26/h2-3,5,8-13H,4,6-7H2,1H3,(H,27,28,29). The number of hydrogen-bond donors (Lipinski definition) is 1. The fourth-order valence-electron chi connectivity index (χ4n) is 3.74. The Balaban J connectivity index is 1.63. The Morgan fingerprint density at radius 2 is 1.76 bits per heavy atom. The van der Waals surface area contributed by atoms with E-state index < -0.39 is 11.7 Å². The number of pyridine rings is 1. The largest absolute Gasteiger partial charge is 0.417 e. The first-order valence-corrected chi connectivity index (χ1v) is 9.39. The van der Waals surface area contributed by atoms with Crippen molar-refractivity contribution in [1.29, 1.82) is 0 Å². The summed E-state index contributed by atoms with van der Waals surface area (Å²) in [5, 5.41) is 2.69. The highest BCUT2D eigenvalue weighted by Gasteiger charge is 2.35. The van der Waals surface area contributed by atoms with Crippen molar-refractivity contribution in [3.63, 3.8) is 0 Å². The number of halogens is 3. The lowest BCUT2D eigenvalue weighted by molar-refractivity contribution is -0.137. The van der Waals surface area contributed by atoms with Gasteiger partial charge in [-0.1, -0.05) is 24.3 Å². The number of hydrogen-bond acceptors (Lipinski definition) is 2. The summed E-state index contributed by atoms with van der Waals surface area (Å²) in [5.41, 5.74) is 2.95. The van der Waals surface area contributed by atoms with Crippen LogP contribution in [0.4, 0.5) is 19.0 Å². The van der Waals surface area contributed by atoms with E-state index >= 15 is 0 Å². The Bertz CT molecular complexity index is 1070. The van der Waals surface area contributed by atoms with E-state index in [9.17, 15) is 18.0 Å². The quantitative estimate of drug-likeness (QED) is 0.606. The SMILES string of the molecule is Cc1ccccc1C(=O)Nc1ccc(-c2cc3c(cc2C(F)(F)F)CCC3)cn1. The number of alkyl halides is 3. The van der Waals surface area contributed by atoms with Crippen LogP contribution in [0.2, 0.25) is 0 Å². The highest BCUT2D eigenvalue weighted by atomic mass is 19.4. The minimum absolute atomic E-state index is 0.127. The van der Waals surface area contributed by atoms with E-state index in [4.69, 9.17) is 0 Å². The second kappa shape index (κ2) is 7.35. The summed E-state index contributed by atoms with van der Waals surface area (Å²) in [6.45, 7) is 1.83. The molecule has 0 bridgehead atoms. The van der Waals surface area contributed by atoms with Gasteiger partial charge in [0.25, 0.3) is 5.91 Å². The molecule has 1 aromatic heterocycles. The van der Waals surface area contributed by atoms with Crippen LogP contribution in [0, 0.1) is 6.92 Å². The molecule has 0 fully saturated rings. The summed E-state index contributed by atoms with van der Waals surface area (Å²) in [7, 11) is 0. The maximum Gasteiger partial charge on any atom is 0.417 e. The third-order valence-electron chi connectivity index (χ3n) is 5.24. The molecule has 2 aromatic carbocycles. The van der Waals surface area contributed by atoms with E-state index in [-0.39, 0.29) is 17.3 Å². The van der Waals surface area contributed by atoms with E-state index in [1.165, 1.54) is 18.3 Å². The van der Waals surface area contributed by atoms with Gasteiger partial charge in [0.2, 0.25) is 0 Å². The predicted octanol–water partition coefficient (Wildman–Crippen LogP) is 5.82. The lowest BCUT2D eigenvalue weighted by Crippen LogP contribution is -2.14. The first-order chi connectivity index (χ1) is 13.8. The summed E-state index contributed by atoms with van der Waals surface area (Å²) >= 11 is 0. The van der Waals surface area contributed by atoms with Gasteiger partial charge in [-0.2, -0.15) is 13.2 Å². The number of nitrogens with zero attached hydrogens (tertiary/aromatic N) is 1. The lowest BCUT2D eigenvalue weighted by atomic mass is 9.95. The number of benzene rings is 2. The smallest absolute Gasteiger partial charge is 0.307 e. The zero-order chi connectivity index (χ0) is 20.6. The first-order valence-electron chi connectivity index (χ1n) is 9.39. The van der Waals surface area contributed by atoms with Crippen molar-refractivity contribution in [2.75, 3.05) is 5.32 Å². The average Bonchev–Trinajstić information content (AvgIpc) is 3.15. The van der Waals surface area contributed by atoms with E-state index in [0.717, 1.165) is 29.5 Å². The Labute approximate surface area is 166 Å². The molecule has 0 unspecified atom stereocenters. The third-order valence-corrected chi connectivity index (χ3v) is 5.24. The third kappa shape index (κ3) is 3.88. The molecule has 3 aromatic rings. The maximum atomic E-state index is 13.6. The number of anilines is 1. The van der Waals surface area contributed by atoms with Gasteiger partial charge in [0.05, 0.1) is 5.56 Å². The molecule has 0 aliphatic heterocycles. The Hall–Kier alpha value is -3.15. The molecule has 0 saturated heterocycles. The van der Waals surface area contributed by atoms with Crippen LogP contribution >= 0.6 is 0 Å². The van der Waals surface area contributed by atoms with Gasteiger partial charge in [0.1, 0.15) is 5.82 Å². The molecule has 29 heavy (non-hydrogen) atoms. The summed E-state index contributed by atoms with van der Waals surface area (Å²) in [6, 6.07) is 13.1. The van der Waals surface area contributed by atoms with Crippen LogP contribution < -0.4 is 5.32 Å². The van der Waals surface area contributed by atoms with E-state index in [0.29, 0.717) is 17.5 Å². The molecule has 3 nitrogen and oxygen atoms in total. The lowest BCUT2D eigenvalue weighted by Gasteiger charge is -2.16.